The number of rotatable bonds is 9. The van der Waals surface area contributed by atoms with Crippen LogP contribution < -0.4 is 14.2 Å². The summed E-state index contributed by atoms with van der Waals surface area (Å²) in [5, 5.41) is 9.98. The van der Waals surface area contributed by atoms with Crippen molar-refractivity contribution in [1.82, 2.24) is 0 Å². The summed E-state index contributed by atoms with van der Waals surface area (Å²) in [5.41, 5.74) is 4.37. The molecule has 6 heteroatoms. The van der Waals surface area contributed by atoms with E-state index < -0.39 is 18.2 Å². The number of hydrogen-bond acceptors (Lipinski definition) is 6. The van der Waals surface area contributed by atoms with Crippen LogP contribution in [0.1, 0.15) is 20.8 Å². The molecule has 0 aromatic heterocycles. The molecular formula is C30H28O6. The van der Waals surface area contributed by atoms with E-state index >= 15 is 0 Å². The highest BCUT2D eigenvalue weighted by Gasteiger charge is 2.15. The fourth-order valence-corrected chi connectivity index (χ4v) is 3.07. The highest BCUT2D eigenvalue weighted by atomic mass is 16.6. The fraction of sp³-hybridized carbons (Fsp3) is 0.133. The zero-order valence-electron chi connectivity index (χ0n) is 20.5. The topological polar surface area (TPSA) is 82.1 Å². The molecule has 3 rings (SSSR count). The Kier molecular flexibility index (Phi) is 8.25. The van der Waals surface area contributed by atoms with Crippen LogP contribution in [0, 0.1) is 0 Å². The van der Waals surface area contributed by atoms with Gasteiger partial charge in [0.1, 0.15) is 17.2 Å². The van der Waals surface area contributed by atoms with Crippen LogP contribution in [0.25, 0.3) is 22.3 Å². The monoisotopic (exact) mass is 484 g/mol. The number of ether oxygens (including phenoxy) is 3. The SMILES string of the molecule is C=C(C)C(=O)Oc1ccc(-c2ccc(-c3ccc(OC(O)C(=C)C)cc3OC(=O)C(=C)C)cc2)cc1. The minimum Gasteiger partial charge on any atom is -0.461 e. The number of aliphatic hydroxyl groups is 1. The van der Waals surface area contributed by atoms with Crippen molar-refractivity contribution >= 4 is 11.9 Å². The number of carbonyl (C=O) groups is 2. The summed E-state index contributed by atoms with van der Waals surface area (Å²) in [7, 11) is 0. The second kappa shape index (κ2) is 11.3. The van der Waals surface area contributed by atoms with Gasteiger partial charge < -0.3 is 19.3 Å². The number of esters is 2. The molecule has 0 aliphatic rings. The van der Waals surface area contributed by atoms with E-state index in [0.717, 1.165) is 16.7 Å². The molecule has 0 heterocycles. The van der Waals surface area contributed by atoms with Gasteiger partial charge in [-0.3, -0.25) is 0 Å². The first kappa shape index (κ1) is 26.2. The van der Waals surface area contributed by atoms with Crippen molar-refractivity contribution in [3.05, 3.63) is 103 Å². The maximum atomic E-state index is 12.2. The Morgan fingerprint density at radius 3 is 1.69 bits per heavy atom. The van der Waals surface area contributed by atoms with Crippen molar-refractivity contribution in [2.75, 3.05) is 0 Å². The molecule has 0 amide bonds. The van der Waals surface area contributed by atoms with E-state index in [9.17, 15) is 14.7 Å². The molecule has 6 nitrogen and oxygen atoms in total. The highest BCUT2D eigenvalue weighted by molar-refractivity contribution is 5.90. The summed E-state index contributed by atoms with van der Waals surface area (Å²) in [6.45, 7) is 15.7. The number of aliphatic hydroxyl groups excluding tert-OH is 1. The van der Waals surface area contributed by atoms with Gasteiger partial charge >= 0.3 is 11.9 Å². The van der Waals surface area contributed by atoms with Gasteiger partial charge in [-0.25, -0.2) is 9.59 Å². The largest absolute Gasteiger partial charge is 0.461 e. The van der Waals surface area contributed by atoms with E-state index in [1.54, 1.807) is 51.1 Å². The van der Waals surface area contributed by atoms with E-state index in [0.29, 0.717) is 28.2 Å². The molecule has 1 N–H and O–H groups in total. The third-order valence-electron chi connectivity index (χ3n) is 5.12. The van der Waals surface area contributed by atoms with E-state index in [4.69, 9.17) is 14.2 Å². The van der Waals surface area contributed by atoms with Crippen LogP contribution in [-0.2, 0) is 9.59 Å². The first-order valence-corrected chi connectivity index (χ1v) is 11.2. The Labute approximate surface area is 210 Å². The second-order valence-corrected chi connectivity index (χ2v) is 8.42. The Hall–Kier alpha value is -4.42. The fourth-order valence-electron chi connectivity index (χ4n) is 3.07. The van der Waals surface area contributed by atoms with Crippen LogP contribution in [0.3, 0.4) is 0 Å². The van der Waals surface area contributed by atoms with Crippen molar-refractivity contribution in [2.24, 2.45) is 0 Å². The minimum atomic E-state index is -1.18. The normalized spacial score (nSPS) is 11.2. The van der Waals surface area contributed by atoms with Crippen molar-refractivity contribution in [2.45, 2.75) is 27.1 Å². The molecule has 1 unspecified atom stereocenters. The van der Waals surface area contributed by atoms with Crippen molar-refractivity contribution in [3.63, 3.8) is 0 Å². The molecule has 0 bridgehead atoms. The lowest BCUT2D eigenvalue weighted by atomic mass is 9.99. The summed E-state index contributed by atoms with van der Waals surface area (Å²) in [5.74, 6) is -0.0150. The Morgan fingerprint density at radius 1 is 0.694 bits per heavy atom. The second-order valence-electron chi connectivity index (χ2n) is 8.42. The lowest BCUT2D eigenvalue weighted by molar-refractivity contribution is -0.130. The molecular weight excluding hydrogens is 456 g/mol. The predicted molar refractivity (Wildman–Crippen MR) is 140 cm³/mol. The van der Waals surface area contributed by atoms with Crippen molar-refractivity contribution < 1.29 is 28.9 Å². The van der Waals surface area contributed by atoms with E-state index in [1.807, 2.05) is 36.4 Å². The third-order valence-corrected chi connectivity index (χ3v) is 5.12. The van der Waals surface area contributed by atoms with E-state index in [-0.39, 0.29) is 11.3 Å². The van der Waals surface area contributed by atoms with Gasteiger partial charge in [-0.15, -0.1) is 0 Å². The highest BCUT2D eigenvalue weighted by Crippen LogP contribution is 2.35. The van der Waals surface area contributed by atoms with Gasteiger partial charge in [0.2, 0.25) is 6.29 Å². The number of carbonyl (C=O) groups excluding carboxylic acids is 2. The Bertz CT molecular complexity index is 1320. The van der Waals surface area contributed by atoms with Crippen molar-refractivity contribution in [3.8, 4) is 39.5 Å². The average molecular weight is 485 g/mol. The average Bonchev–Trinajstić information content (AvgIpc) is 2.84. The molecule has 0 spiro atoms. The molecule has 36 heavy (non-hydrogen) atoms. The Balaban J connectivity index is 1.88. The molecule has 184 valence electrons. The molecule has 0 aliphatic heterocycles. The molecule has 3 aromatic carbocycles. The molecule has 0 radical (unpaired) electrons. The minimum absolute atomic E-state index is 0.252. The third kappa shape index (κ3) is 6.58. The van der Waals surface area contributed by atoms with Crippen molar-refractivity contribution in [1.29, 1.82) is 0 Å². The van der Waals surface area contributed by atoms with Crippen LogP contribution in [0.5, 0.6) is 17.2 Å². The first-order chi connectivity index (χ1) is 17.0. The quantitative estimate of drug-likeness (QED) is 0.127. The predicted octanol–water partition coefficient (Wildman–Crippen LogP) is 6.26. The Morgan fingerprint density at radius 2 is 1.17 bits per heavy atom. The van der Waals surface area contributed by atoms with Gasteiger partial charge in [-0.2, -0.15) is 0 Å². The zero-order chi connectivity index (χ0) is 26.4. The summed E-state index contributed by atoms with van der Waals surface area (Å²) < 4.78 is 16.3. The van der Waals surface area contributed by atoms with Gasteiger partial charge in [0, 0.05) is 22.8 Å². The standard InChI is InChI=1S/C30H28O6/c1-18(2)28(31)34-24-13-11-22(12-14-24)21-7-9-23(10-8-21)26-16-15-25(35-29(32)19(3)4)17-27(26)36-30(33)20(5)6/h7-17,29,32H,1,3,5H2,2,4,6H3. The summed E-state index contributed by atoms with van der Waals surface area (Å²) in [4.78, 5) is 23.9. The molecule has 0 aliphatic carbocycles. The zero-order valence-corrected chi connectivity index (χ0v) is 20.5. The van der Waals surface area contributed by atoms with Crippen LogP contribution >= 0.6 is 0 Å². The van der Waals surface area contributed by atoms with Gasteiger partial charge in [0.05, 0.1) is 0 Å². The maximum Gasteiger partial charge on any atom is 0.338 e. The summed E-state index contributed by atoms with van der Waals surface area (Å²) in [6, 6.07) is 19.8. The first-order valence-electron chi connectivity index (χ1n) is 11.2. The van der Waals surface area contributed by atoms with Crippen LogP contribution in [0.2, 0.25) is 0 Å². The molecule has 0 saturated carbocycles. The summed E-state index contributed by atoms with van der Waals surface area (Å²) in [6.07, 6.45) is -1.18. The van der Waals surface area contributed by atoms with E-state index in [1.165, 1.54) is 0 Å². The number of hydrogen-bond donors (Lipinski definition) is 1. The molecule has 0 saturated heterocycles. The lowest BCUT2D eigenvalue weighted by Gasteiger charge is -2.16. The van der Waals surface area contributed by atoms with Gasteiger partial charge in [0.15, 0.2) is 0 Å². The van der Waals surface area contributed by atoms with Crippen LogP contribution in [0.15, 0.2) is 103 Å². The van der Waals surface area contributed by atoms with Gasteiger partial charge in [-0.05, 0) is 67.3 Å². The molecule has 0 fully saturated rings. The van der Waals surface area contributed by atoms with Gasteiger partial charge in [0.25, 0.3) is 0 Å². The van der Waals surface area contributed by atoms with Crippen LogP contribution in [0.4, 0.5) is 0 Å². The lowest BCUT2D eigenvalue weighted by Crippen LogP contribution is -2.16. The van der Waals surface area contributed by atoms with Crippen LogP contribution in [-0.4, -0.2) is 23.3 Å². The van der Waals surface area contributed by atoms with E-state index in [2.05, 4.69) is 19.7 Å². The maximum absolute atomic E-state index is 12.2. The number of benzene rings is 3. The summed E-state index contributed by atoms with van der Waals surface area (Å²) >= 11 is 0. The van der Waals surface area contributed by atoms with Gasteiger partial charge in [-0.1, -0.05) is 56.1 Å². The molecule has 1 atom stereocenters. The smallest absolute Gasteiger partial charge is 0.338 e. The molecule has 3 aromatic rings.